The maximum Gasteiger partial charge on any atom is 0.189 e. The number of rotatable bonds is 1. The van der Waals surface area contributed by atoms with Gasteiger partial charge in [0.15, 0.2) is 5.43 Å². The van der Waals surface area contributed by atoms with E-state index in [9.17, 15) is 4.79 Å². The first kappa shape index (κ1) is 10.7. The topological polar surface area (TPSA) is 40.5 Å². The molecule has 0 unspecified atom stereocenters. The second-order valence-corrected chi connectivity index (χ2v) is 4.34. The Kier molecular flexibility index (Phi) is 2.82. The Bertz CT molecular complexity index is 516. The minimum atomic E-state index is 0.0925. The van der Waals surface area contributed by atoms with Crippen LogP contribution in [0.15, 0.2) is 23.1 Å². The molecule has 1 aromatic heterocycles. The maximum atomic E-state index is 12.0. The summed E-state index contributed by atoms with van der Waals surface area (Å²) in [7, 11) is 0. The van der Waals surface area contributed by atoms with Crippen LogP contribution in [0.1, 0.15) is 17.7 Å². The van der Waals surface area contributed by atoms with Crippen molar-refractivity contribution in [3.8, 4) is 0 Å². The van der Waals surface area contributed by atoms with E-state index in [1.807, 2.05) is 12.3 Å². The van der Waals surface area contributed by atoms with Gasteiger partial charge in [0.2, 0.25) is 0 Å². The monoisotopic (exact) mass is 233 g/mol. The number of hydrogen-bond acceptors (Lipinski definition) is 3. The zero-order valence-electron chi connectivity index (χ0n) is 9.65. The SMILES string of the molecule is O=c1cc2n(cc1C1=CCOCC1)CCOC2. The van der Waals surface area contributed by atoms with Crippen molar-refractivity contribution in [3.63, 3.8) is 0 Å². The fourth-order valence-electron chi connectivity index (χ4n) is 2.30. The molecule has 0 atom stereocenters. The van der Waals surface area contributed by atoms with Crippen LogP contribution in [-0.2, 0) is 22.6 Å². The van der Waals surface area contributed by atoms with Gasteiger partial charge in [0.1, 0.15) is 0 Å². The molecule has 0 saturated carbocycles. The number of nitrogens with zero attached hydrogens (tertiary/aromatic N) is 1. The first-order valence-electron chi connectivity index (χ1n) is 5.93. The molecule has 0 fully saturated rings. The fourth-order valence-corrected chi connectivity index (χ4v) is 2.30. The highest BCUT2D eigenvalue weighted by molar-refractivity contribution is 5.65. The Morgan fingerprint density at radius 2 is 2.18 bits per heavy atom. The van der Waals surface area contributed by atoms with E-state index in [4.69, 9.17) is 9.47 Å². The molecule has 0 saturated heterocycles. The Balaban J connectivity index is 2.05. The van der Waals surface area contributed by atoms with Crippen LogP contribution in [0.3, 0.4) is 0 Å². The lowest BCUT2D eigenvalue weighted by Gasteiger charge is -2.21. The predicted molar refractivity (Wildman–Crippen MR) is 63.8 cm³/mol. The van der Waals surface area contributed by atoms with Crippen LogP contribution in [0.5, 0.6) is 0 Å². The van der Waals surface area contributed by atoms with E-state index in [1.165, 1.54) is 0 Å². The van der Waals surface area contributed by atoms with E-state index in [0.29, 0.717) is 19.8 Å². The van der Waals surface area contributed by atoms with Gasteiger partial charge in [-0.2, -0.15) is 0 Å². The highest BCUT2D eigenvalue weighted by atomic mass is 16.5. The molecule has 17 heavy (non-hydrogen) atoms. The van der Waals surface area contributed by atoms with Crippen LogP contribution in [0, 0.1) is 0 Å². The highest BCUT2D eigenvalue weighted by Gasteiger charge is 2.14. The van der Waals surface area contributed by atoms with Gasteiger partial charge < -0.3 is 14.0 Å². The molecule has 3 heterocycles. The average molecular weight is 233 g/mol. The van der Waals surface area contributed by atoms with Crippen LogP contribution in [0.4, 0.5) is 0 Å². The first-order chi connectivity index (χ1) is 8.34. The van der Waals surface area contributed by atoms with Crippen molar-refractivity contribution in [1.82, 2.24) is 4.57 Å². The smallest absolute Gasteiger partial charge is 0.189 e. The second-order valence-electron chi connectivity index (χ2n) is 4.34. The summed E-state index contributed by atoms with van der Waals surface area (Å²) in [6, 6.07) is 1.70. The molecule has 90 valence electrons. The van der Waals surface area contributed by atoms with Crippen molar-refractivity contribution >= 4 is 5.57 Å². The summed E-state index contributed by atoms with van der Waals surface area (Å²) in [6.45, 7) is 3.40. The van der Waals surface area contributed by atoms with Crippen molar-refractivity contribution in [2.45, 2.75) is 19.6 Å². The lowest BCUT2D eigenvalue weighted by atomic mass is 10.0. The van der Waals surface area contributed by atoms with Gasteiger partial charge in [-0.05, 0) is 12.0 Å². The Hall–Kier alpha value is -1.39. The first-order valence-corrected chi connectivity index (χ1v) is 5.93. The molecular weight excluding hydrogens is 218 g/mol. The maximum absolute atomic E-state index is 12.0. The van der Waals surface area contributed by atoms with Crippen molar-refractivity contribution in [1.29, 1.82) is 0 Å². The summed E-state index contributed by atoms with van der Waals surface area (Å²) < 4.78 is 12.7. The molecule has 0 N–H and O–H groups in total. The highest BCUT2D eigenvalue weighted by Crippen LogP contribution is 2.19. The van der Waals surface area contributed by atoms with Gasteiger partial charge in [0.25, 0.3) is 0 Å². The van der Waals surface area contributed by atoms with E-state index in [1.54, 1.807) is 6.07 Å². The lowest BCUT2D eigenvalue weighted by molar-refractivity contribution is 0.0836. The van der Waals surface area contributed by atoms with E-state index >= 15 is 0 Å². The standard InChI is InChI=1S/C13H15NO3/c15-13-7-11-9-17-6-3-14(11)8-12(13)10-1-4-16-5-2-10/h1,7-8H,2-6,9H2. The van der Waals surface area contributed by atoms with E-state index in [2.05, 4.69) is 4.57 Å². The van der Waals surface area contributed by atoms with Crippen LogP contribution >= 0.6 is 0 Å². The summed E-state index contributed by atoms with van der Waals surface area (Å²) in [5, 5.41) is 0. The van der Waals surface area contributed by atoms with Gasteiger partial charge in [-0.15, -0.1) is 0 Å². The van der Waals surface area contributed by atoms with E-state index in [-0.39, 0.29) is 5.43 Å². The van der Waals surface area contributed by atoms with E-state index < -0.39 is 0 Å². The molecule has 4 nitrogen and oxygen atoms in total. The largest absolute Gasteiger partial charge is 0.377 e. The molecule has 0 spiro atoms. The molecule has 0 aliphatic carbocycles. The Morgan fingerprint density at radius 3 is 3.00 bits per heavy atom. The molecule has 1 aromatic rings. The Morgan fingerprint density at radius 1 is 1.24 bits per heavy atom. The third kappa shape index (κ3) is 2.06. The van der Waals surface area contributed by atoms with E-state index in [0.717, 1.165) is 36.4 Å². The summed E-state index contributed by atoms with van der Waals surface area (Å²) in [5.41, 5.74) is 2.99. The Labute approximate surface area is 99.5 Å². The number of hydrogen-bond donors (Lipinski definition) is 0. The van der Waals surface area contributed by atoms with Gasteiger partial charge in [0, 0.05) is 30.1 Å². The number of aromatic nitrogens is 1. The normalized spacial score (nSPS) is 19.6. The quantitative estimate of drug-likeness (QED) is 0.731. The minimum absolute atomic E-state index is 0.0925. The summed E-state index contributed by atoms with van der Waals surface area (Å²) in [5.74, 6) is 0. The summed E-state index contributed by atoms with van der Waals surface area (Å²) in [4.78, 5) is 12.0. The number of pyridine rings is 1. The van der Waals surface area contributed by atoms with Gasteiger partial charge in [0.05, 0.1) is 26.4 Å². The molecule has 0 amide bonds. The molecule has 0 radical (unpaired) electrons. The predicted octanol–water partition coefficient (Wildman–Crippen LogP) is 1.18. The second kappa shape index (κ2) is 4.47. The minimum Gasteiger partial charge on any atom is -0.377 e. The van der Waals surface area contributed by atoms with Gasteiger partial charge in [-0.3, -0.25) is 4.79 Å². The number of ether oxygens (including phenoxy) is 2. The van der Waals surface area contributed by atoms with Gasteiger partial charge >= 0.3 is 0 Å². The zero-order valence-corrected chi connectivity index (χ0v) is 9.65. The molecular formula is C13H15NO3. The van der Waals surface area contributed by atoms with Gasteiger partial charge in [-0.1, -0.05) is 6.08 Å². The van der Waals surface area contributed by atoms with Crippen LogP contribution < -0.4 is 5.43 Å². The molecule has 4 heteroatoms. The van der Waals surface area contributed by atoms with Crippen molar-refractivity contribution in [3.05, 3.63) is 39.8 Å². The van der Waals surface area contributed by atoms with Crippen molar-refractivity contribution in [2.75, 3.05) is 19.8 Å². The summed E-state index contributed by atoms with van der Waals surface area (Å²) >= 11 is 0. The van der Waals surface area contributed by atoms with Crippen molar-refractivity contribution < 1.29 is 9.47 Å². The third-order valence-electron chi connectivity index (χ3n) is 3.25. The van der Waals surface area contributed by atoms with Crippen molar-refractivity contribution in [2.24, 2.45) is 0 Å². The van der Waals surface area contributed by atoms with Crippen LogP contribution in [-0.4, -0.2) is 24.4 Å². The molecule has 2 aliphatic rings. The van der Waals surface area contributed by atoms with Crippen LogP contribution in [0.2, 0.25) is 0 Å². The molecule has 2 aliphatic heterocycles. The van der Waals surface area contributed by atoms with Crippen LogP contribution in [0.25, 0.3) is 5.57 Å². The lowest BCUT2D eigenvalue weighted by Crippen LogP contribution is -2.23. The zero-order chi connectivity index (χ0) is 11.7. The van der Waals surface area contributed by atoms with Gasteiger partial charge in [-0.25, -0.2) is 0 Å². The summed E-state index contributed by atoms with van der Waals surface area (Å²) in [6.07, 6.45) is 4.80. The average Bonchev–Trinajstić information content (AvgIpc) is 2.39. The fraction of sp³-hybridized carbons (Fsp3) is 0.462. The third-order valence-corrected chi connectivity index (χ3v) is 3.25. The number of fused-ring (bicyclic) bond motifs is 1. The molecule has 0 aromatic carbocycles. The molecule has 0 bridgehead atoms. The molecule has 3 rings (SSSR count).